The van der Waals surface area contributed by atoms with E-state index in [0.29, 0.717) is 17.0 Å². The van der Waals surface area contributed by atoms with Gasteiger partial charge in [-0.05, 0) is 22.3 Å². The number of imide groups is 1. The number of benzene rings is 3. The lowest BCUT2D eigenvalue weighted by atomic mass is 9.85. The predicted octanol–water partition coefficient (Wildman–Crippen LogP) is 5.53. The highest BCUT2D eigenvalue weighted by Crippen LogP contribution is 2.59. The Bertz CT molecular complexity index is 1300. The van der Waals surface area contributed by atoms with Crippen molar-refractivity contribution in [3.63, 3.8) is 0 Å². The van der Waals surface area contributed by atoms with Crippen LogP contribution < -0.4 is 4.90 Å². The fourth-order valence-electron chi connectivity index (χ4n) is 5.77. The largest absolute Gasteiger partial charge is 0.274 e. The minimum absolute atomic E-state index is 0.376. The Kier molecular flexibility index (Phi) is 4.59. The van der Waals surface area contributed by atoms with E-state index in [9.17, 15) is 22.8 Å². The lowest BCUT2D eigenvalue weighted by Gasteiger charge is -2.22. The van der Waals surface area contributed by atoms with Gasteiger partial charge >= 0.3 is 0 Å². The summed E-state index contributed by atoms with van der Waals surface area (Å²) in [4.78, 5) is 27.5. The van der Waals surface area contributed by atoms with Crippen LogP contribution in [0.5, 0.6) is 0 Å². The first-order valence-corrected chi connectivity index (χ1v) is 11.0. The van der Waals surface area contributed by atoms with Crippen LogP contribution in [0.2, 0.25) is 0 Å². The van der Waals surface area contributed by atoms with Crippen molar-refractivity contribution < 1.29 is 22.8 Å². The number of anilines is 1. The molecular formula is C28H18F3NO2. The maximum atomic E-state index is 14.5. The third-order valence-corrected chi connectivity index (χ3v) is 7.03. The smallest absolute Gasteiger partial charge is 0.238 e. The molecule has 2 bridgehead atoms. The number of allylic oxidation sites excluding steroid dienone is 3. The lowest BCUT2D eigenvalue weighted by Crippen LogP contribution is -2.34. The zero-order chi connectivity index (χ0) is 23.6. The molecule has 2 amide bonds. The van der Waals surface area contributed by atoms with E-state index in [1.165, 1.54) is 0 Å². The molecule has 2 aliphatic carbocycles. The van der Waals surface area contributed by atoms with Gasteiger partial charge in [0.15, 0.2) is 11.6 Å². The van der Waals surface area contributed by atoms with E-state index in [-0.39, 0.29) is 11.8 Å². The summed E-state index contributed by atoms with van der Waals surface area (Å²) < 4.78 is 42.4. The molecule has 1 saturated carbocycles. The van der Waals surface area contributed by atoms with Crippen molar-refractivity contribution >= 4 is 23.1 Å². The average Bonchev–Trinajstić information content (AvgIpc) is 3.46. The van der Waals surface area contributed by atoms with Crippen LogP contribution in [-0.4, -0.2) is 11.8 Å². The molecule has 3 aliphatic rings. The minimum Gasteiger partial charge on any atom is -0.274 e. The van der Waals surface area contributed by atoms with Crippen LogP contribution in [0.25, 0.3) is 5.57 Å². The maximum Gasteiger partial charge on any atom is 0.238 e. The maximum absolute atomic E-state index is 14.5. The van der Waals surface area contributed by atoms with Crippen LogP contribution in [0.3, 0.4) is 0 Å². The van der Waals surface area contributed by atoms with Gasteiger partial charge in [-0.3, -0.25) is 9.59 Å². The molecule has 1 saturated heterocycles. The first kappa shape index (κ1) is 20.7. The van der Waals surface area contributed by atoms with Gasteiger partial charge in [-0.2, -0.15) is 0 Å². The Hall–Kier alpha value is -3.93. The van der Waals surface area contributed by atoms with Gasteiger partial charge in [0.05, 0.1) is 11.8 Å². The highest BCUT2D eigenvalue weighted by molar-refractivity contribution is 6.23. The van der Waals surface area contributed by atoms with E-state index in [0.717, 1.165) is 22.3 Å². The number of carbonyl (C=O) groups excluding carboxylic acids is 2. The Morgan fingerprint density at radius 3 is 1.56 bits per heavy atom. The Morgan fingerprint density at radius 2 is 1.12 bits per heavy atom. The Balaban J connectivity index is 1.50. The number of fused-ring (bicyclic) bond motifs is 5. The van der Waals surface area contributed by atoms with E-state index < -0.39 is 46.8 Å². The molecule has 4 atom stereocenters. The van der Waals surface area contributed by atoms with E-state index in [1.54, 1.807) is 0 Å². The van der Waals surface area contributed by atoms with Gasteiger partial charge in [0.2, 0.25) is 11.8 Å². The second-order valence-electron chi connectivity index (χ2n) is 8.78. The molecule has 3 nitrogen and oxygen atoms in total. The first-order valence-electron chi connectivity index (χ1n) is 11.0. The van der Waals surface area contributed by atoms with Crippen molar-refractivity contribution in [1.29, 1.82) is 0 Å². The lowest BCUT2D eigenvalue weighted by molar-refractivity contribution is -0.123. The van der Waals surface area contributed by atoms with E-state index in [1.807, 2.05) is 72.8 Å². The monoisotopic (exact) mass is 457 g/mol. The molecular weight excluding hydrogens is 439 g/mol. The van der Waals surface area contributed by atoms with Gasteiger partial charge in [-0.25, -0.2) is 18.1 Å². The van der Waals surface area contributed by atoms with Crippen molar-refractivity contribution in [2.45, 2.75) is 0 Å². The molecule has 6 rings (SSSR count). The molecule has 168 valence electrons. The molecule has 34 heavy (non-hydrogen) atoms. The second kappa shape index (κ2) is 7.55. The van der Waals surface area contributed by atoms with Gasteiger partial charge in [-0.15, -0.1) is 0 Å². The normalized spacial score (nSPS) is 24.8. The van der Waals surface area contributed by atoms with Crippen molar-refractivity contribution in [3.8, 4) is 0 Å². The number of hydrogen-bond donors (Lipinski definition) is 0. The second-order valence-corrected chi connectivity index (χ2v) is 8.78. The van der Waals surface area contributed by atoms with Crippen LogP contribution in [0.4, 0.5) is 18.9 Å². The van der Waals surface area contributed by atoms with Gasteiger partial charge < -0.3 is 0 Å². The molecule has 3 aromatic carbocycles. The number of nitrogens with zero attached hydrogens (tertiary/aromatic N) is 1. The van der Waals surface area contributed by atoms with Crippen molar-refractivity contribution in [2.24, 2.45) is 23.7 Å². The summed E-state index contributed by atoms with van der Waals surface area (Å²) in [6.07, 6.45) is 3.83. The quantitative estimate of drug-likeness (QED) is 0.383. The molecule has 0 aromatic heterocycles. The molecule has 6 heteroatoms. The highest BCUT2D eigenvalue weighted by Gasteiger charge is 2.63. The third-order valence-electron chi connectivity index (χ3n) is 7.03. The molecule has 3 aromatic rings. The number of hydrogen-bond acceptors (Lipinski definition) is 2. The third kappa shape index (κ3) is 2.84. The summed E-state index contributed by atoms with van der Waals surface area (Å²) in [5.41, 5.74) is 3.06. The molecule has 0 unspecified atom stereocenters. The van der Waals surface area contributed by atoms with Gasteiger partial charge in [0.1, 0.15) is 11.5 Å². The van der Waals surface area contributed by atoms with Crippen molar-refractivity contribution in [3.05, 3.63) is 119 Å². The van der Waals surface area contributed by atoms with Gasteiger partial charge in [0, 0.05) is 24.0 Å². The fourth-order valence-corrected chi connectivity index (χ4v) is 5.77. The standard InChI is InChI=1S/C28H18F3NO2/c29-17-13-20(30)26(21(31)14-17)32-27(33)24-18-11-12-19(25(24)28(32)34)23(18)22(15-7-3-1-4-8-15)16-9-5-2-6-10-16/h1-14,18-19,24-25H/t18-,19-,24-,25+/m0/s1. The van der Waals surface area contributed by atoms with Crippen LogP contribution in [0, 0.1) is 41.1 Å². The van der Waals surface area contributed by atoms with E-state index in [4.69, 9.17) is 0 Å². The zero-order valence-electron chi connectivity index (χ0n) is 17.8. The number of carbonyl (C=O) groups is 2. The summed E-state index contributed by atoms with van der Waals surface area (Å²) in [7, 11) is 0. The van der Waals surface area contributed by atoms with Crippen molar-refractivity contribution in [1.82, 2.24) is 0 Å². The van der Waals surface area contributed by atoms with Crippen LogP contribution in [-0.2, 0) is 9.59 Å². The summed E-state index contributed by atoms with van der Waals surface area (Å²) in [5, 5.41) is 0. The Morgan fingerprint density at radius 1 is 0.676 bits per heavy atom. The highest BCUT2D eigenvalue weighted by atomic mass is 19.1. The number of rotatable bonds is 3. The number of halogens is 3. The van der Waals surface area contributed by atoms with Crippen LogP contribution in [0.15, 0.2) is 90.5 Å². The van der Waals surface area contributed by atoms with E-state index >= 15 is 0 Å². The summed E-state index contributed by atoms with van der Waals surface area (Å²) >= 11 is 0. The van der Waals surface area contributed by atoms with Crippen molar-refractivity contribution in [2.75, 3.05) is 4.90 Å². The van der Waals surface area contributed by atoms with Gasteiger partial charge in [0.25, 0.3) is 0 Å². The number of amides is 2. The molecule has 1 aliphatic heterocycles. The van der Waals surface area contributed by atoms with Crippen LogP contribution in [0.1, 0.15) is 11.1 Å². The zero-order valence-corrected chi connectivity index (χ0v) is 17.8. The topological polar surface area (TPSA) is 37.4 Å². The Labute approximate surface area is 193 Å². The average molecular weight is 457 g/mol. The summed E-state index contributed by atoms with van der Waals surface area (Å²) in [6, 6.07) is 20.5. The molecule has 1 heterocycles. The first-order chi connectivity index (χ1) is 16.5. The minimum atomic E-state index is -1.27. The summed E-state index contributed by atoms with van der Waals surface area (Å²) in [5.74, 6) is -7.25. The van der Waals surface area contributed by atoms with E-state index in [2.05, 4.69) is 0 Å². The molecule has 0 radical (unpaired) electrons. The van der Waals surface area contributed by atoms with Crippen LogP contribution >= 0.6 is 0 Å². The molecule has 2 fully saturated rings. The van der Waals surface area contributed by atoms with Gasteiger partial charge in [-0.1, -0.05) is 72.8 Å². The fraction of sp³-hybridized carbons (Fsp3) is 0.143. The molecule has 0 spiro atoms. The molecule has 0 N–H and O–H groups in total. The predicted molar refractivity (Wildman–Crippen MR) is 121 cm³/mol. The SMILES string of the molecule is O=C1[C@@H]2[C@H](C(=O)N1c1c(F)cc(F)cc1F)[C@H]1C=C[C@H]2C1=C(c1ccccc1)c1ccccc1. The summed E-state index contributed by atoms with van der Waals surface area (Å²) in [6.45, 7) is 0.